The maximum atomic E-state index is 12.9. The number of nitrogens with zero attached hydrogens (tertiary/aromatic N) is 1. The fourth-order valence-electron chi connectivity index (χ4n) is 4.54. The number of piperidine rings is 1. The lowest BCUT2D eigenvalue weighted by molar-refractivity contribution is -0.150. The molecule has 1 fully saturated rings. The van der Waals surface area contributed by atoms with Gasteiger partial charge in [-0.2, -0.15) is 22.0 Å². The molecule has 11 heteroatoms. The highest BCUT2D eigenvalue weighted by Crippen LogP contribution is 2.37. The molecule has 1 unspecified atom stereocenters. The fourth-order valence-corrected chi connectivity index (χ4v) is 4.54. The Morgan fingerprint density at radius 2 is 1.87 bits per heavy atom. The van der Waals surface area contributed by atoms with Crippen molar-refractivity contribution in [3.63, 3.8) is 0 Å². The summed E-state index contributed by atoms with van der Waals surface area (Å²) in [6.45, 7) is -1.34. The van der Waals surface area contributed by atoms with Crippen LogP contribution in [0.1, 0.15) is 29.5 Å². The lowest BCUT2D eigenvalue weighted by atomic mass is 9.92. The number of carbonyl (C=O) groups excluding carboxylic acids is 1. The van der Waals surface area contributed by atoms with Crippen LogP contribution in [0.15, 0.2) is 72.5 Å². The van der Waals surface area contributed by atoms with Crippen LogP contribution in [0.3, 0.4) is 0 Å². The first kappa shape index (κ1) is 27.6. The average molecular weight is 539 g/mol. The van der Waals surface area contributed by atoms with Crippen molar-refractivity contribution in [1.82, 2.24) is 10.2 Å². The molecule has 6 nitrogen and oxygen atoms in total. The van der Waals surface area contributed by atoms with E-state index in [2.05, 4.69) is 10.1 Å². The van der Waals surface area contributed by atoms with Gasteiger partial charge in [0.1, 0.15) is 5.75 Å². The van der Waals surface area contributed by atoms with Gasteiger partial charge in [-0.25, -0.2) is 0 Å². The van der Waals surface area contributed by atoms with E-state index in [0.29, 0.717) is 43.6 Å². The first-order valence-electron chi connectivity index (χ1n) is 12.0. The third kappa shape index (κ3) is 6.70. The van der Waals surface area contributed by atoms with Crippen LogP contribution in [0.25, 0.3) is 0 Å². The summed E-state index contributed by atoms with van der Waals surface area (Å²) >= 11 is 0. The molecule has 2 N–H and O–H groups in total. The number of aliphatic hydroxyl groups is 1. The van der Waals surface area contributed by atoms with Crippen LogP contribution in [0.2, 0.25) is 0 Å². The maximum Gasteiger partial charge on any atom is 0.416 e. The van der Waals surface area contributed by atoms with Gasteiger partial charge in [-0.3, -0.25) is 9.69 Å². The second-order valence-corrected chi connectivity index (χ2v) is 9.15. The van der Waals surface area contributed by atoms with Crippen LogP contribution in [0, 0.1) is 5.92 Å². The van der Waals surface area contributed by atoms with Gasteiger partial charge >= 0.3 is 12.8 Å². The van der Waals surface area contributed by atoms with E-state index in [0.717, 1.165) is 12.1 Å². The molecule has 4 rings (SSSR count). The highest BCUT2D eigenvalue weighted by molar-refractivity contribution is 5.78. The molecule has 0 spiro atoms. The summed E-state index contributed by atoms with van der Waals surface area (Å²) in [6.07, 6.45) is 1.19. The molecule has 1 amide bonds. The smallest absolute Gasteiger partial charge is 0.416 e. The van der Waals surface area contributed by atoms with Gasteiger partial charge in [0.15, 0.2) is 0 Å². The van der Waals surface area contributed by atoms with E-state index >= 15 is 0 Å². The predicted molar refractivity (Wildman–Crippen MR) is 128 cm³/mol. The van der Waals surface area contributed by atoms with E-state index in [-0.39, 0.29) is 29.7 Å². The molecule has 0 radical (unpaired) electrons. The molecule has 2 aromatic carbocycles. The van der Waals surface area contributed by atoms with E-state index in [1.54, 1.807) is 24.3 Å². The largest absolute Gasteiger partial charge is 0.462 e. The van der Waals surface area contributed by atoms with Gasteiger partial charge in [-0.05, 0) is 61.8 Å². The Morgan fingerprint density at radius 3 is 2.53 bits per heavy atom. The molecular weight excluding hydrogens is 511 g/mol. The van der Waals surface area contributed by atoms with Gasteiger partial charge < -0.3 is 19.9 Å². The molecule has 1 saturated heterocycles. The van der Waals surface area contributed by atoms with Crippen molar-refractivity contribution >= 4 is 5.91 Å². The first-order chi connectivity index (χ1) is 18.0. The number of ether oxygens (including phenoxy) is 2. The molecular formula is C27H27F5N2O4. The number of amides is 1. The highest BCUT2D eigenvalue weighted by atomic mass is 19.4. The molecule has 2 aliphatic rings. The van der Waals surface area contributed by atoms with Crippen LogP contribution < -0.4 is 10.1 Å². The SMILES string of the molecule is O=C(NCc1cccc(OC(F)F)c1)C1CCN(CC2=CC=COC2(O)c2ccc(C(F)(F)F)cc2)CC1. The molecule has 204 valence electrons. The topological polar surface area (TPSA) is 71.0 Å². The third-order valence-electron chi connectivity index (χ3n) is 6.60. The van der Waals surface area contributed by atoms with Gasteiger partial charge in [-0.1, -0.05) is 30.3 Å². The van der Waals surface area contributed by atoms with E-state index in [4.69, 9.17) is 4.74 Å². The van der Waals surface area contributed by atoms with Crippen molar-refractivity contribution < 1.29 is 41.3 Å². The number of benzene rings is 2. The Labute approximate surface area is 216 Å². The van der Waals surface area contributed by atoms with Crippen molar-refractivity contribution in [3.05, 3.63) is 89.2 Å². The summed E-state index contributed by atoms with van der Waals surface area (Å²) in [5, 5.41) is 14.1. The molecule has 0 bridgehead atoms. The van der Waals surface area contributed by atoms with Crippen molar-refractivity contribution in [2.24, 2.45) is 5.92 Å². The van der Waals surface area contributed by atoms with Gasteiger partial charge in [-0.15, -0.1) is 0 Å². The second-order valence-electron chi connectivity index (χ2n) is 9.15. The Balaban J connectivity index is 1.31. The number of hydrogen-bond acceptors (Lipinski definition) is 5. The van der Waals surface area contributed by atoms with Crippen LogP contribution >= 0.6 is 0 Å². The van der Waals surface area contributed by atoms with Crippen molar-refractivity contribution in [3.8, 4) is 5.75 Å². The molecule has 1 atom stereocenters. The Morgan fingerprint density at radius 1 is 1.16 bits per heavy atom. The number of carbonyl (C=O) groups is 1. The molecule has 2 heterocycles. The number of halogens is 5. The van der Waals surface area contributed by atoms with E-state index in [1.165, 1.54) is 30.5 Å². The van der Waals surface area contributed by atoms with Crippen molar-refractivity contribution in [1.29, 1.82) is 0 Å². The molecule has 0 saturated carbocycles. The monoisotopic (exact) mass is 538 g/mol. The number of hydrogen-bond donors (Lipinski definition) is 2. The van der Waals surface area contributed by atoms with Gasteiger partial charge in [0, 0.05) is 30.1 Å². The van der Waals surface area contributed by atoms with Crippen LogP contribution in [-0.4, -0.2) is 42.2 Å². The predicted octanol–water partition coefficient (Wildman–Crippen LogP) is 4.95. The lowest BCUT2D eigenvalue weighted by Gasteiger charge is -2.37. The number of rotatable bonds is 8. The van der Waals surface area contributed by atoms with Crippen molar-refractivity contribution in [2.45, 2.75) is 38.0 Å². The van der Waals surface area contributed by atoms with E-state index in [1.807, 2.05) is 4.90 Å². The minimum Gasteiger partial charge on any atom is -0.462 e. The number of alkyl halides is 5. The third-order valence-corrected chi connectivity index (χ3v) is 6.60. The van der Waals surface area contributed by atoms with E-state index < -0.39 is 24.1 Å². The molecule has 2 aliphatic heterocycles. The molecule has 2 aromatic rings. The number of nitrogens with one attached hydrogen (secondary N) is 1. The molecule has 38 heavy (non-hydrogen) atoms. The molecule has 0 aromatic heterocycles. The Kier molecular flexibility index (Phi) is 8.37. The summed E-state index contributed by atoms with van der Waals surface area (Å²) in [4.78, 5) is 14.7. The van der Waals surface area contributed by atoms with Crippen molar-refractivity contribution in [2.75, 3.05) is 19.6 Å². The summed E-state index contributed by atoms with van der Waals surface area (Å²) in [5.41, 5.74) is 0.456. The molecule has 0 aliphatic carbocycles. The zero-order valence-electron chi connectivity index (χ0n) is 20.3. The van der Waals surface area contributed by atoms with Gasteiger partial charge in [0.25, 0.3) is 5.79 Å². The highest BCUT2D eigenvalue weighted by Gasteiger charge is 2.39. The minimum absolute atomic E-state index is 0.0205. The zero-order chi connectivity index (χ0) is 27.3. The Hall–Kier alpha value is -3.44. The van der Waals surface area contributed by atoms with Gasteiger partial charge in [0.05, 0.1) is 11.8 Å². The van der Waals surface area contributed by atoms with E-state index in [9.17, 15) is 31.9 Å². The van der Waals surface area contributed by atoms with Crippen LogP contribution in [-0.2, 0) is 28.0 Å². The summed E-state index contributed by atoms with van der Waals surface area (Å²) in [7, 11) is 0. The normalized spacial score (nSPS) is 20.7. The van der Waals surface area contributed by atoms with Crippen LogP contribution in [0.4, 0.5) is 22.0 Å². The summed E-state index contributed by atoms with van der Waals surface area (Å²) < 4.78 is 73.5. The summed E-state index contributed by atoms with van der Waals surface area (Å²) in [6, 6.07) is 10.3. The fraction of sp³-hybridized carbons (Fsp3) is 0.370. The van der Waals surface area contributed by atoms with Crippen LogP contribution in [0.5, 0.6) is 5.75 Å². The maximum absolute atomic E-state index is 12.9. The average Bonchev–Trinajstić information content (AvgIpc) is 2.88. The number of allylic oxidation sites excluding steroid dienone is 2. The Bertz CT molecular complexity index is 1170. The quantitative estimate of drug-likeness (QED) is 0.466. The summed E-state index contributed by atoms with van der Waals surface area (Å²) in [5.74, 6) is -2.27. The second kappa shape index (κ2) is 11.5. The zero-order valence-corrected chi connectivity index (χ0v) is 20.3. The standard InChI is InChI=1S/C27H27F5N2O4/c28-25(29)38-23-5-1-3-18(15-23)16-33-24(35)19-10-12-34(13-11-19)17-22-4-2-14-37-26(22,36)20-6-8-21(9-7-20)27(30,31)32/h1-9,14-15,19,25,36H,10-13,16-17H2,(H,33,35). The number of likely N-dealkylation sites (tertiary alicyclic amines) is 1. The first-order valence-corrected chi connectivity index (χ1v) is 12.0. The lowest BCUT2D eigenvalue weighted by Crippen LogP contribution is -2.44. The van der Waals surface area contributed by atoms with Gasteiger partial charge in [0.2, 0.25) is 5.91 Å². The minimum atomic E-state index is -4.49.